The molecule has 2 amide bonds. The molecule has 3 aromatic rings. The molecule has 0 atom stereocenters. The molecule has 2 heterocycles. The van der Waals surface area contributed by atoms with Crippen LogP contribution in [-0.4, -0.2) is 56.0 Å². The van der Waals surface area contributed by atoms with Crippen LogP contribution in [0.25, 0.3) is 0 Å². The van der Waals surface area contributed by atoms with Crippen LogP contribution in [0, 0.1) is 0 Å². The summed E-state index contributed by atoms with van der Waals surface area (Å²) in [6, 6.07) is 9.94. The van der Waals surface area contributed by atoms with Crippen molar-refractivity contribution >= 4 is 17.7 Å². The number of nitrogens with zero attached hydrogens (tertiary/aromatic N) is 5. The van der Waals surface area contributed by atoms with Gasteiger partial charge in [-0.2, -0.15) is 13.2 Å². The highest BCUT2D eigenvalue weighted by molar-refractivity contribution is 6.10. The lowest BCUT2D eigenvalue weighted by molar-refractivity contribution is -0.138. The minimum Gasteiger partial charge on any atom is -0.444 e. The first-order valence-electron chi connectivity index (χ1n) is 15.6. The molecule has 0 saturated heterocycles. The molecule has 2 saturated carbocycles. The number of aromatic nitrogens is 3. The fourth-order valence-corrected chi connectivity index (χ4v) is 7.07. The Balaban J connectivity index is 1.35. The number of alkyl halides is 3. The monoisotopic (exact) mass is 639 g/mol. The standard InChI is InChI=1S/C34H40F3N5O4/c1-31(2,3)46-30(44)42(32(4)11-8-12-32)18-21-13-25-26(27(14-21)34(35,36)37)19-41(28(25)43)23-10-7-9-22(15-23)33(16-24(17-33)45-6)29-39-38-20-40(29)5/h7,9-10,13-15,20,24H,8,11-12,16-19H2,1-6H3. The molecule has 12 heteroatoms. The van der Waals surface area contributed by atoms with E-state index >= 15 is 0 Å². The van der Waals surface area contributed by atoms with Crippen LogP contribution in [0.2, 0.25) is 0 Å². The van der Waals surface area contributed by atoms with Crippen LogP contribution in [-0.2, 0) is 41.2 Å². The van der Waals surface area contributed by atoms with Gasteiger partial charge < -0.3 is 18.9 Å². The highest BCUT2D eigenvalue weighted by atomic mass is 19.4. The lowest BCUT2D eigenvalue weighted by Crippen LogP contribution is -2.54. The van der Waals surface area contributed by atoms with E-state index in [1.54, 1.807) is 40.3 Å². The SMILES string of the molecule is COC1CC(c2cccc(N3Cc4c(cc(CN(C(=O)OC(C)(C)C)C5(C)CCC5)cc4C(F)(F)F)C3=O)c2)(c2nncn2C)C1. The van der Waals surface area contributed by atoms with Gasteiger partial charge in [0.1, 0.15) is 17.8 Å². The molecule has 246 valence electrons. The summed E-state index contributed by atoms with van der Waals surface area (Å²) in [7, 11) is 3.53. The van der Waals surface area contributed by atoms with Gasteiger partial charge in [-0.15, -0.1) is 10.2 Å². The molecule has 6 rings (SSSR count). The number of benzene rings is 2. The van der Waals surface area contributed by atoms with E-state index in [2.05, 4.69) is 10.2 Å². The fraction of sp³-hybridized carbons (Fsp3) is 0.529. The van der Waals surface area contributed by atoms with Gasteiger partial charge in [0.15, 0.2) is 0 Å². The molecular formula is C34H40F3N5O4. The molecule has 9 nitrogen and oxygen atoms in total. The van der Waals surface area contributed by atoms with Gasteiger partial charge in [0.25, 0.3) is 5.91 Å². The maximum Gasteiger partial charge on any atom is 0.416 e. The lowest BCUT2D eigenvalue weighted by Gasteiger charge is -2.47. The Bertz CT molecular complexity index is 1670. The summed E-state index contributed by atoms with van der Waals surface area (Å²) in [6.45, 7) is 6.84. The van der Waals surface area contributed by atoms with E-state index in [1.807, 2.05) is 36.7 Å². The predicted octanol–water partition coefficient (Wildman–Crippen LogP) is 6.77. The number of carbonyl (C=O) groups excluding carboxylic acids is 2. The molecule has 2 aliphatic carbocycles. The molecule has 0 N–H and O–H groups in total. The average molecular weight is 640 g/mol. The van der Waals surface area contributed by atoms with Crippen molar-refractivity contribution in [2.75, 3.05) is 12.0 Å². The third kappa shape index (κ3) is 5.54. The average Bonchev–Trinajstić information content (AvgIpc) is 3.51. The second-order valence-electron chi connectivity index (χ2n) is 14.1. The number of amides is 2. The first-order valence-corrected chi connectivity index (χ1v) is 15.6. The summed E-state index contributed by atoms with van der Waals surface area (Å²) in [4.78, 5) is 30.1. The van der Waals surface area contributed by atoms with Gasteiger partial charge in [0, 0.05) is 37.5 Å². The van der Waals surface area contributed by atoms with Crippen LogP contribution < -0.4 is 4.90 Å². The first kappa shape index (κ1) is 32.0. The highest BCUT2D eigenvalue weighted by Crippen LogP contribution is 2.50. The van der Waals surface area contributed by atoms with E-state index in [0.29, 0.717) is 31.4 Å². The van der Waals surface area contributed by atoms with Gasteiger partial charge in [-0.05, 0) is 101 Å². The highest BCUT2D eigenvalue weighted by Gasteiger charge is 2.51. The zero-order valence-electron chi connectivity index (χ0n) is 27.1. The molecular weight excluding hydrogens is 599 g/mol. The number of hydrogen-bond acceptors (Lipinski definition) is 6. The number of hydrogen-bond donors (Lipinski definition) is 0. The van der Waals surface area contributed by atoms with Crippen LogP contribution in [0.1, 0.15) is 98.2 Å². The maximum absolute atomic E-state index is 14.6. The molecule has 0 spiro atoms. The van der Waals surface area contributed by atoms with Crippen molar-refractivity contribution < 1.29 is 32.2 Å². The topological polar surface area (TPSA) is 89.8 Å². The molecule has 2 aromatic carbocycles. The fourth-order valence-electron chi connectivity index (χ4n) is 7.07. The van der Waals surface area contributed by atoms with Crippen molar-refractivity contribution in [3.05, 3.63) is 76.4 Å². The van der Waals surface area contributed by atoms with Gasteiger partial charge in [0.2, 0.25) is 0 Å². The Morgan fingerprint density at radius 2 is 1.85 bits per heavy atom. The molecule has 46 heavy (non-hydrogen) atoms. The summed E-state index contributed by atoms with van der Waals surface area (Å²) in [6.07, 6.45) is 0.0134. The number of ether oxygens (including phenoxy) is 2. The second-order valence-corrected chi connectivity index (χ2v) is 14.1. The van der Waals surface area contributed by atoms with Crippen molar-refractivity contribution in [2.45, 2.75) is 102 Å². The zero-order valence-corrected chi connectivity index (χ0v) is 27.1. The number of rotatable bonds is 7. The summed E-state index contributed by atoms with van der Waals surface area (Å²) in [5, 5.41) is 8.44. The normalized spacial score (nSPS) is 22.2. The largest absolute Gasteiger partial charge is 0.444 e. The molecule has 2 fully saturated rings. The van der Waals surface area contributed by atoms with Gasteiger partial charge in [-0.1, -0.05) is 12.1 Å². The Labute approximate surface area is 266 Å². The van der Waals surface area contributed by atoms with Crippen molar-refractivity contribution in [3.8, 4) is 0 Å². The Morgan fingerprint density at radius 1 is 1.13 bits per heavy atom. The van der Waals surface area contributed by atoms with Crippen LogP contribution >= 0.6 is 0 Å². The smallest absolute Gasteiger partial charge is 0.416 e. The van der Waals surface area contributed by atoms with Crippen LogP contribution in [0.15, 0.2) is 42.7 Å². The molecule has 0 radical (unpaired) electrons. The number of methoxy groups -OCH3 is 1. The van der Waals surface area contributed by atoms with Crippen molar-refractivity contribution in [1.29, 1.82) is 0 Å². The zero-order chi connectivity index (χ0) is 33.2. The summed E-state index contributed by atoms with van der Waals surface area (Å²) in [5.41, 5.74) is -1.17. The molecule has 0 unspecified atom stereocenters. The lowest BCUT2D eigenvalue weighted by atomic mass is 9.62. The number of fused-ring (bicyclic) bond motifs is 1. The van der Waals surface area contributed by atoms with E-state index in [9.17, 15) is 22.8 Å². The van der Waals surface area contributed by atoms with Crippen molar-refractivity contribution in [1.82, 2.24) is 19.7 Å². The van der Waals surface area contributed by atoms with E-state index < -0.39 is 40.3 Å². The maximum atomic E-state index is 14.6. The Kier molecular flexibility index (Phi) is 7.73. The quantitative estimate of drug-likeness (QED) is 0.284. The number of carbonyl (C=O) groups is 2. The molecule has 1 aromatic heterocycles. The summed E-state index contributed by atoms with van der Waals surface area (Å²) in [5.74, 6) is 0.238. The van der Waals surface area contributed by atoms with Crippen LogP contribution in [0.4, 0.5) is 23.7 Å². The minimum absolute atomic E-state index is 0.00997. The van der Waals surface area contributed by atoms with Crippen molar-refractivity contribution in [2.24, 2.45) is 7.05 Å². The van der Waals surface area contributed by atoms with Crippen LogP contribution in [0.5, 0.6) is 0 Å². The van der Waals surface area contributed by atoms with Crippen molar-refractivity contribution in [3.63, 3.8) is 0 Å². The number of halogens is 3. The van der Waals surface area contributed by atoms with Crippen LogP contribution in [0.3, 0.4) is 0 Å². The summed E-state index contributed by atoms with van der Waals surface area (Å²) >= 11 is 0. The van der Waals surface area contributed by atoms with E-state index in [1.165, 1.54) is 15.9 Å². The number of aryl methyl sites for hydroxylation is 1. The second kappa shape index (κ2) is 11.1. The first-order chi connectivity index (χ1) is 21.5. The van der Waals surface area contributed by atoms with E-state index in [0.717, 1.165) is 23.9 Å². The van der Waals surface area contributed by atoms with Gasteiger partial charge in [-0.3, -0.25) is 9.69 Å². The van der Waals surface area contributed by atoms with Gasteiger partial charge >= 0.3 is 12.3 Å². The third-order valence-electron chi connectivity index (χ3n) is 9.78. The summed E-state index contributed by atoms with van der Waals surface area (Å²) < 4.78 is 56.9. The third-order valence-corrected chi connectivity index (χ3v) is 9.78. The predicted molar refractivity (Wildman–Crippen MR) is 164 cm³/mol. The number of anilines is 1. The molecule has 0 bridgehead atoms. The molecule has 1 aliphatic heterocycles. The van der Waals surface area contributed by atoms with E-state index in [4.69, 9.17) is 9.47 Å². The van der Waals surface area contributed by atoms with Gasteiger partial charge in [-0.25, -0.2) is 4.79 Å². The van der Waals surface area contributed by atoms with E-state index in [-0.39, 0.29) is 35.9 Å². The minimum atomic E-state index is -4.70. The Hall–Kier alpha value is -3.93. The molecule has 3 aliphatic rings. The Morgan fingerprint density at radius 3 is 2.41 bits per heavy atom. The van der Waals surface area contributed by atoms with Gasteiger partial charge in [0.05, 0.1) is 23.6 Å².